The van der Waals surface area contributed by atoms with Crippen LogP contribution in [0.1, 0.15) is 5.56 Å². The molecule has 0 amide bonds. The van der Waals surface area contributed by atoms with Crippen LogP contribution in [-0.2, 0) is 6.42 Å². The molecule has 0 spiro atoms. The van der Waals surface area contributed by atoms with E-state index < -0.39 is 0 Å². The van der Waals surface area contributed by atoms with E-state index in [0.717, 1.165) is 17.2 Å². The monoisotopic (exact) mass is 231 g/mol. The molecule has 3 nitrogen and oxygen atoms in total. The van der Waals surface area contributed by atoms with Crippen LogP contribution in [-0.4, -0.2) is 15.7 Å². The maximum absolute atomic E-state index is 5.57. The van der Waals surface area contributed by atoms with E-state index in [2.05, 4.69) is 9.97 Å². The molecule has 2 aromatic rings. The van der Waals surface area contributed by atoms with Gasteiger partial charge in [-0.2, -0.15) is 0 Å². The zero-order valence-corrected chi connectivity index (χ0v) is 9.65. The molecule has 0 saturated carbocycles. The topological polar surface area (TPSA) is 51.8 Å². The minimum Gasteiger partial charge on any atom is -0.397 e. The minimum atomic E-state index is 0.707. The van der Waals surface area contributed by atoms with Crippen LogP contribution in [0.4, 0.5) is 5.69 Å². The van der Waals surface area contributed by atoms with Gasteiger partial charge in [0.15, 0.2) is 0 Å². The average Bonchev–Trinajstić information content (AvgIpc) is 2.33. The molecule has 0 radical (unpaired) electrons. The van der Waals surface area contributed by atoms with Gasteiger partial charge in [-0.15, -0.1) is 11.8 Å². The third-order valence-electron chi connectivity index (χ3n) is 2.15. The molecule has 82 valence electrons. The Hall–Kier alpha value is -1.55. The van der Waals surface area contributed by atoms with Crippen molar-refractivity contribution in [2.24, 2.45) is 0 Å². The first kappa shape index (κ1) is 11.0. The molecule has 0 atom stereocenters. The lowest BCUT2D eigenvalue weighted by Crippen LogP contribution is -1.91. The summed E-state index contributed by atoms with van der Waals surface area (Å²) < 4.78 is 0. The molecule has 0 unspecified atom stereocenters. The van der Waals surface area contributed by atoms with Crippen molar-refractivity contribution < 1.29 is 0 Å². The summed E-state index contributed by atoms with van der Waals surface area (Å²) >= 11 is 1.74. The highest BCUT2D eigenvalue weighted by Gasteiger charge is 1.96. The van der Waals surface area contributed by atoms with E-state index in [-0.39, 0.29) is 0 Å². The Balaban J connectivity index is 1.82. The van der Waals surface area contributed by atoms with E-state index in [9.17, 15) is 0 Å². The van der Waals surface area contributed by atoms with Gasteiger partial charge in [0.2, 0.25) is 0 Å². The molecule has 16 heavy (non-hydrogen) atoms. The predicted molar refractivity (Wildman–Crippen MR) is 67.3 cm³/mol. The van der Waals surface area contributed by atoms with E-state index in [1.807, 2.05) is 36.7 Å². The van der Waals surface area contributed by atoms with Gasteiger partial charge in [0.25, 0.3) is 0 Å². The first-order chi connectivity index (χ1) is 7.84. The Morgan fingerprint density at radius 3 is 2.62 bits per heavy atom. The predicted octanol–water partition coefficient (Wildman–Crippen LogP) is 2.39. The zero-order valence-electron chi connectivity index (χ0n) is 8.84. The Labute approximate surface area is 99.1 Å². The van der Waals surface area contributed by atoms with Crippen LogP contribution in [0.25, 0.3) is 0 Å². The van der Waals surface area contributed by atoms with Crippen LogP contribution >= 0.6 is 11.8 Å². The Morgan fingerprint density at radius 2 is 1.94 bits per heavy atom. The highest BCUT2D eigenvalue weighted by molar-refractivity contribution is 7.99. The highest BCUT2D eigenvalue weighted by Crippen LogP contribution is 2.17. The molecular formula is C12H13N3S. The lowest BCUT2D eigenvalue weighted by molar-refractivity contribution is 1.10. The molecule has 0 saturated heterocycles. The molecule has 2 N–H and O–H groups in total. The number of nitrogen functional groups attached to an aromatic ring is 1. The highest BCUT2D eigenvalue weighted by atomic mass is 32.2. The number of nitrogens with zero attached hydrogens (tertiary/aromatic N) is 2. The quantitative estimate of drug-likeness (QED) is 0.821. The van der Waals surface area contributed by atoms with Crippen molar-refractivity contribution in [1.82, 2.24) is 9.97 Å². The second kappa shape index (κ2) is 5.51. The van der Waals surface area contributed by atoms with Gasteiger partial charge in [-0.25, -0.2) is 4.98 Å². The van der Waals surface area contributed by atoms with Gasteiger partial charge in [0.05, 0.1) is 16.9 Å². The molecule has 0 aliphatic carbocycles. The van der Waals surface area contributed by atoms with Gasteiger partial charge in [0.1, 0.15) is 0 Å². The van der Waals surface area contributed by atoms with Gasteiger partial charge >= 0.3 is 0 Å². The molecule has 0 aromatic carbocycles. The fourth-order valence-electron chi connectivity index (χ4n) is 1.30. The normalized spacial score (nSPS) is 10.2. The Bertz CT molecular complexity index is 428. The van der Waals surface area contributed by atoms with Gasteiger partial charge in [-0.3, -0.25) is 4.98 Å². The number of thioether (sulfide) groups is 1. The number of anilines is 1. The van der Waals surface area contributed by atoms with Crippen LogP contribution in [0.15, 0.2) is 47.9 Å². The summed E-state index contributed by atoms with van der Waals surface area (Å²) in [5.74, 6) is 1.01. The van der Waals surface area contributed by atoms with Crippen molar-refractivity contribution in [3.05, 3.63) is 48.4 Å². The number of aryl methyl sites for hydroxylation is 1. The summed E-state index contributed by atoms with van der Waals surface area (Å²) in [5, 5.41) is 1.02. The molecule has 0 fully saturated rings. The number of aromatic nitrogens is 2. The first-order valence-electron chi connectivity index (χ1n) is 5.08. The number of hydrogen-bond acceptors (Lipinski definition) is 4. The van der Waals surface area contributed by atoms with Crippen molar-refractivity contribution in [3.63, 3.8) is 0 Å². The summed E-state index contributed by atoms with van der Waals surface area (Å²) in [6.45, 7) is 0. The Morgan fingerprint density at radius 1 is 1.12 bits per heavy atom. The molecular weight excluding hydrogens is 218 g/mol. The van der Waals surface area contributed by atoms with E-state index in [1.54, 1.807) is 18.0 Å². The summed E-state index contributed by atoms with van der Waals surface area (Å²) in [6, 6.07) is 7.91. The molecule has 2 aromatic heterocycles. The lowest BCUT2D eigenvalue weighted by atomic mass is 10.2. The average molecular weight is 231 g/mol. The summed E-state index contributed by atoms with van der Waals surface area (Å²) in [5.41, 5.74) is 7.58. The van der Waals surface area contributed by atoms with Gasteiger partial charge < -0.3 is 5.73 Å². The third kappa shape index (κ3) is 3.24. The molecule has 0 bridgehead atoms. The zero-order chi connectivity index (χ0) is 11.2. The van der Waals surface area contributed by atoms with Crippen LogP contribution in [0.5, 0.6) is 0 Å². The smallest absolute Gasteiger partial charge is 0.0961 e. The molecule has 2 heterocycles. The maximum atomic E-state index is 5.57. The SMILES string of the molecule is Nc1ccc(SCCc2ccncc2)nc1. The van der Waals surface area contributed by atoms with Gasteiger partial charge in [-0.1, -0.05) is 0 Å². The maximum Gasteiger partial charge on any atom is 0.0961 e. The standard InChI is InChI=1S/C12H13N3S/c13-11-1-2-12(15-9-11)16-8-5-10-3-6-14-7-4-10/h1-4,6-7,9H,5,8,13H2. The second-order valence-corrected chi connectivity index (χ2v) is 4.50. The molecule has 0 aliphatic rings. The van der Waals surface area contributed by atoms with Crippen LogP contribution in [0.3, 0.4) is 0 Å². The molecule has 0 aliphatic heterocycles. The van der Waals surface area contributed by atoms with Crippen LogP contribution in [0.2, 0.25) is 0 Å². The van der Waals surface area contributed by atoms with E-state index in [4.69, 9.17) is 5.73 Å². The number of hydrogen-bond donors (Lipinski definition) is 1. The summed E-state index contributed by atoms with van der Waals surface area (Å²) in [6.07, 6.45) is 6.36. The summed E-state index contributed by atoms with van der Waals surface area (Å²) in [7, 11) is 0. The van der Waals surface area contributed by atoms with Crippen molar-refractivity contribution >= 4 is 17.4 Å². The summed E-state index contributed by atoms with van der Waals surface area (Å²) in [4.78, 5) is 8.22. The third-order valence-corrected chi connectivity index (χ3v) is 3.09. The molecule has 4 heteroatoms. The first-order valence-corrected chi connectivity index (χ1v) is 6.06. The van der Waals surface area contributed by atoms with Crippen molar-refractivity contribution in [1.29, 1.82) is 0 Å². The second-order valence-electron chi connectivity index (χ2n) is 3.38. The Kier molecular flexibility index (Phi) is 3.77. The minimum absolute atomic E-state index is 0.707. The lowest BCUT2D eigenvalue weighted by Gasteiger charge is -2.01. The van der Waals surface area contributed by atoms with Crippen molar-refractivity contribution in [3.8, 4) is 0 Å². The van der Waals surface area contributed by atoms with Gasteiger partial charge in [0, 0.05) is 18.1 Å². The fourth-order valence-corrected chi connectivity index (χ4v) is 2.14. The van der Waals surface area contributed by atoms with Crippen LogP contribution in [0, 0.1) is 0 Å². The van der Waals surface area contributed by atoms with E-state index in [0.29, 0.717) is 5.69 Å². The van der Waals surface area contributed by atoms with Crippen molar-refractivity contribution in [2.75, 3.05) is 11.5 Å². The largest absolute Gasteiger partial charge is 0.397 e. The number of pyridine rings is 2. The van der Waals surface area contributed by atoms with E-state index >= 15 is 0 Å². The molecule has 2 rings (SSSR count). The fraction of sp³-hybridized carbons (Fsp3) is 0.167. The van der Waals surface area contributed by atoms with Crippen LogP contribution < -0.4 is 5.73 Å². The number of rotatable bonds is 4. The number of nitrogens with two attached hydrogens (primary N) is 1. The van der Waals surface area contributed by atoms with Gasteiger partial charge in [-0.05, 0) is 36.2 Å². The van der Waals surface area contributed by atoms with Crippen molar-refractivity contribution in [2.45, 2.75) is 11.4 Å². The van der Waals surface area contributed by atoms with E-state index in [1.165, 1.54) is 5.56 Å².